The quantitative estimate of drug-likeness (QED) is 0.864. The Balaban J connectivity index is 2.12. The molecule has 0 amide bonds. The summed E-state index contributed by atoms with van der Waals surface area (Å²) in [4.78, 5) is 11.2. The highest BCUT2D eigenvalue weighted by Gasteiger charge is 2.18. The summed E-state index contributed by atoms with van der Waals surface area (Å²) in [6.07, 6.45) is 4.98. The molecule has 1 aromatic rings. The number of aromatic nitrogens is 2. The van der Waals surface area contributed by atoms with Gasteiger partial charge in [-0.05, 0) is 32.7 Å². The zero-order chi connectivity index (χ0) is 14.4. The number of methoxy groups -OCH3 is 1. The fourth-order valence-corrected chi connectivity index (χ4v) is 2.71. The van der Waals surface area contributed by atoms with E-state index in [-0.39, 0.29) is 0 Å². The third-order valence-corrected chi connectivity index (χ3v) is 3.68. The largest absolute Gasteiger partial charge is 0.481 e. The first-order valence-electron chi connectivity index (χ1n) is 7.61. The van der Waals surface area contributed by atoms with Crippen molar-refractivity contribution in [1.29, 1.82) is 0 Å². The van der Waals surface area contributed by atoms with Crippen LogP contribution in [0.15, 0.2) is 6.07 Å². The maximum absolute atomic E-state index is 5.26. The van der Waals surface area contributed by atoms with E-state index in [9.17, 15) is 0 Å². The standard InChI is InChI=1S/C15H26N4O/c1-4-9-19(11-13-7-5-6-8-16-13)14-10-15(20-3)18-12(2)17-14/h10,13,16H,4-9,11H2,1-3H3. The van der Waals surface area contributed by atoms with Gasteiger partial charge in [-0.2, -0.15) is 4.98 Å². The van der Waals surface area contributed by atoms with Crippen molar-refractivity contribution in [3.8, 4) is 5.88 Å². The van der Waals surface area contributed by atoms with Crippen molar-refractivity contribution in [2.24, 2.45) is 0 Å². The van der Waals surface area contributed by atoms with Gasteiger partial charge in [0.2, 0.25) is 5.88 Å². The van der Waals surface area contributed by atoms with E-state index in [0.29, 0.717) is 11.9 Å². The molecule has 0 bridgehead atoms. The minimum atomic E-state index is 0.566. The van der Waals surface area contributed by atoms with Crippen LogP contribution in [0.5, 0.6) is 5.88 Å². The summed E-state index contributed by atoms with van der Waals surface area (Å²) in [7, 11) is 1.65. The molecule has 1 aliphatic heterocycles. The summed E-state index contributed by atoms with van der Waals surface area (Å²) in [6.45, 7) is 7.27. The molecule has 5 heteroatoms. The van der Waals surface area contributed by atoms with E-state index in [1.807, 2.05) is 13.0 Å². The van der Waals surface area contributed by atoms with Gasteiger partial charge in [0.25, 0.3) is 0 Å². The van der Waals surface area contributed by atoms with Gasteiger partial charge in [-0.3, -0.25) is 0 Å². The van der Waals surface area contributed by atoms with Gasteiger partial charge in [0.15, 0.2) is 0 Å². The van der Waals surface area contributed by atoms with E-state index in [0.717, 1.165) is 37.7 Å². The van der Waals surface area contributed by atoms with Gasteiger partial charge in [-0.25, -0.2) is 4.98 Å². The molecule has 1 N–H and O–H groups in total. The van der Waals surface area contributed by atoms with Gasteiger partial charge in [0, 0.05) is 25.2 Å². The first-order chi connectivity index (χ1) is 9.72. The van der Waals surface area contributed by atoms with Crippen molar-refractivity contribution in [3.05, 3.63) is 11.9 Å². The normalized spacial score (nSPS) is 18.9. The lowest BCUT2D eigenvalue weighted by Gasteiger charge is -2.31. The van der Waals surface area contributed by atoms with Crippen LogP contribution in [-0.4, -0.2) is 42.8 Å². The van der Waals surface area contributed by atoms with Gasteiger partial charge < -0.3 is 15.0 Å². The van der Waals surface area contributed by atoms with E-state index in [4.69, 9.17) is 4.74 Å². The molecular weight excluding hydrogens is 252 g/mol. The summed E-state index contributed by atoms with van der Waals surface area (Å²) < 4.78 is 5.26. The van der Waals surface area contributed by atoms with E-state index in [1.165, 1.54) is 19.3 Å². The smallest absolute Gasteiger partial charge is 0.218 e. The summed E-state index contributed by atoms with van der Waals surface area (Å²) in [5.74, 6) is 2.38. The molecule has 0 radical (unpaired) electrons. The van der Waals surface area contributed by atoms with Crippen molar-refractivity contribution in [3.63, 3.8) is 0 Å². The van der Waals surface area contributed by atoms with Gasteiger partial charge in [0.05, 0.1) is 7.11 Å². The van der Waals surface area contributed by atoms with Gasteiger partial charge >= 0.3 is 0 Å². The molecule has 0 saturated carbocycles. The highest BCUT2D eigenvalue weighted by molar-refractivity contribution is 5.42. The van der Waals surface area contributed by atoms with Crippen LogP contribution in [0.25, 0.3) is 0 Å². The van der Waals surface area contributed by atoms with Crippen LogP contribution in [-0.2, 0) is 0 Å². The van der Waals surface area contributed by atoms with Crippen molar-refractivity contribution < 1.29 is 4.74 Å². The molecule has 0 spiro atoms. The average molecular weight is 278 g/mol. The molecule has 0 aliphatic carbocycles. The Bertz CT molecular complexity index is 418. The SMILES string of the molecule is CCCN(CC1CCCCN1)c1cc(OC)nc(C)n1. The number of ether oxygens (including phenoxy) is 1. The molecule has 0 aromatic carbocycles. The van der Waals surface area contributed by atoms with E-state index in [2.05, 4.69) is 27.1 Å². The molecule has 1 aromatic heterocycles. The molecule has 20 heavy (non-hydrogen) atoms. The highest BCUT2D eigenvalue weighted by Crippen LogP contribution is 2.19. The molecule has 2 heterocycles. The molecule has 2 rings (SSSR count). The first-order valence-corrected chi connectivity index (χ1v) is 7.61. The molecule has 1 atom stereocenters. The third kappa shape index (κ3) is 4.07. The molecule has 1 saturated heterocycles. The molecule has 1 unspecified atom stereocenters. The summed E-state index contributed by atoms with van der Waals surface area (Å²) in [6, 6.07) is 2.50. The Morgan fingerprint density at radius 3 is 2.90 bits per heavy atom. The Morgan fingerprint density at radius 2 is 2.25 bits per heavy atom. The second-order valence-corrected chi connectivity index (χ2v) is 5.41. The van der Waals surface area contributed by atoms with Crippen LogP contribution < -0.4 is 15.0 Å². The molecule has 1 fully saturated rings. The van der Waals surface area contributed by atoms with Crippen LogP contribution in [0.1, 0.15) is 38.4 Å². The van der Waals surface area contributed by atoms with Crippen molar-refractivity contribution in [2.75, 3.05) is 31.6 Å². The van der Waals surface area contributed by atoms with Crippen molar-refractivity contribution in [2.45, 2.75) is 45.6 Å². The lowest BCUT2D eigenvalue weighted by atomic mass is 10.0. The first kappa shape index (κ1) is 15.0. The maximum Gasteiger partial charge on any atom is 0.218 e. The van der Waals surface area contributed by atoms with Gasteiger partial charge in [0.1, 0.15) is 11.6 Å². The van der Waals surface area contributed by atoms with Gasteiger partial charge in [-0.15, -0.1) is 0 Å². The second-order valence-electron chi connectivity index (χ2n) is 5.41. The van der Waals surface area contributed by atoms with Crippen LogP contribution in [0.2, 0.25) is 0 Å². The highest BCUT2D eigenvalue weighted by atomic mass is 16.5. The van der Waals surface area contributed by atoms with Crippen LogP contribution in [0, 0.1) is 6.92 Å². The summed E-state index contributed by atoms with van der Waals surface area (Å²) in [5.41, 5.74) is 0. The number of anilines is 1. The zero-order valence-electron chi connectivity index (χ0n) is 12.9. The monoisotopic (exact) mass is 278 g/mol. The number of hydrogen-bond donors (Lipinski definition) is 1. The second kappa shape index (κ2) is 7.43. The molecule has 1 aliphatic rings. The Kier molecular flexibility index (Phi) is 5.59. The fraction of sp³-hybridized carbons (Fsp3) is 0.733. The third-order valence-electron chi connectivity index (χ3n) is 3.68. The minimum absolute atomic E-state index is 0.566. The van der Waals surface area contributed by atoms with Crippen LogP contribution in [0.4, 0.5) is 5.82 Å². The number of rotatable bonds is 6. The Labute approximate surface area is 121 Å². The van der Waals surface area contributed by atoms with E-state index in [1.54, 1.807) is 7.11 Å². The van der Waals surface area contributed by atoms with E-state index < -0.39 is 0 Å². The Hall–Kier alpha value is -1.36. The maximum atomic E-state index is 5.26. The molecular formula is C15H26N4O. The fourth-order valence-electron chi connectivity index (χ4n) is 2.71. The number of aryl methyl sites for hydroxylation is 1. The van der Waals surface area contributed by atoms with Crippen molar-refractivity contribution in [1.82, 2.24) is 15.3 Å². The minimum Gasteiger partial charge on any atom is -0.481 e. The topological polar surface area (TPSA) is 50.3 Å². The van der Waals surface area contributed by atoms with Crippen LogP contribution >= 0.6 is 0 Å². The van der Waals surface area contributed by atoms with Gasteiger partial charge in [-0.1, -0.05) is 13.3 Å². The van der Waals surface area contributed by atoms with Crippen LogP contribution in [0.3, 0.4) is 0 Å². The lowest BCUT2D eigenvalue weighted by Crippen LogP contribution is -2.44. The predicted octanol–water partition coefficient (Wildman–Crippen LogP) is 2.15. The Morgan fingerprint density at radius 1 is 1.40 bits per heavy atom. The average Bonchev–Trinajstić information content (AvgIpc) is 2.47. The number of piperidine rings is 1. The summed E-state index contributed by atoms with van der Waals surface area (Å²) in [5, 5.41) is 3.60. The number of hydrogen-bond acceptors (Lipinski definition) is 5. The number of nitrogens with zero attached hydrogens (tertiary/aromatic N) is 3. The summed E-state index contributed by atoms with van der Waals surface area (Å²) >= 11 is 0. The number of nitrogens with one attached hydrogen (secondary N) is 1. The van der Waals surface area contributed by atoms with E-state index >= 15 is 0 Å². The predicted molar refractivity (Wildman–Crippen MR) is 81.5 cm³/mol. The molecule has 112 valence electrons. The van der Waals surface area contributed by atoms with Crippen molar-refractivity contribution >= 4 is 5.82 Å². The lowest BCUT2D eigenvalue weighted by molar-refractivity contribution is 0.391. The molecule has 5 nitrogen and oxygen atoms in total. The zero-order valence-corrected chi connectivity index (χ0v) is 12.9.